The zero-order chi connectivity index (χ0) is 8.97. The Morgan fingerprint density at radius 2 is 2.17 bits per heavy atom. The largest absolute Gasteiger partial charge is 0.396 e. The van der Waals surface area contributed by atoms with Gasteiger partial charge in [0.2, 0.25) is 0 Å². The van der Waals surface area contributed by atoms with Gasteiger partial charge in [0.05, 0.1) is 0 Å². The van der Waals surface area contributed by atoms with Gasteiger partial charge < -0.3 is 5.11 Å². The van der Waals surface area contributed by atoms with E-state index in [0.29, 0.717) is 18.6 Å². The minimum absolute atomic E-state index is 0.255. The van der Waals surface area contributed by atoms with Crippen molar-refractivity contribution in [2.45, 2.75) is 39.0 Å². The SMILES string of the molecule is CC1=C(CCCO)CCC(=O)C1. The monoisotopic (exact) mass is 168 g/mol. The van der Waals surface area contributed by atoms with Gasteiger partial charge in [-0.3, -0.25) is 4.79 Å². The van der Waals surface area contributed by atoms with E-state index >= 15 is 0 Å². The molecule has 1 aliphatic rings. The maximum absolute atomic E-state index is 11.0. The van der Waals surface area contributed by atoms with E-state index in [9.17, 15) is 4.79 Å². The van der Waals surface area contributed by atoms with Gasteiger partial charge in [-0.15, -0.1) is 0 Å². The van der Waals surface area contributed by atoms with Crippen LogP contribution in [0.4, 0.5) is 0 Å². The molecule has 0 aromatic rings. The predicted molar refractivity (Wildman–Crippen MR) is 47.9 cm³/mol. The second-order valence-corrected chi connectivity index (χ2v) is 3.43. The molecule has 2 nitrogen and oxygen atoms in total. The summed E-state index contributed by atoms with van der Waals surface area (Å²) in [5.74, 6) is 0.361. The number of hydrogen-bond donors (Lipinski definition) is 1. The fraction of sp³-hybridized carbons (Fsp3) is 0.700. The van der Waals surface area contributed by atoms with Crippen molar-refractivity contribution in [1.82, 2.24) is 0 Å². The zero-order valence-corrected chi connectivity index (χ0v) is 7.60. The highest BCUT2D eigenvalue weighted by Crippen LogP contribution is 2.25. The van der Waals surface area contributed by atoms with Crippen molar-refractivity contribution in [3.8, 4) is 0 Å². The van der Waals surface area contributed by atoms with Crippen LogP contribution in [0.5, 0.6) is 0 Å². The van der Waals surface area contributed by atoms with Crippen molar-refractivity contribution in [1.29, 1.82) is 0 Å². The Bertz CT molecular complexity index is 204. The van der Waals surface area contributed by atoms with Gasteiger partial charge in [0.25, 0.3) is 0 Å². The van der Waals surface area contributed by atoms with Crippen LogP contribution >= 0.6 is 0 Å². The first-order valence-corrected chi connectivity index (χ1v) is 4.54. The zero-order valence-electron chi connectivity index (χ0n) is 7.60. The molecule has 0 atom stereocenters. The van der Waals surface area contributed by atoms with E-state index < -0.39 is 0 Å². The fourth-order valence-corrected chi connectivity index (χ4v) is 1.64. The highest BCUT2D eigenvalue weighted by atomic mass is 16.2. The average molecular weight is 168 g/mol. The topological polar surface area (TPSA) is 37.3 Å². The molecular formula is C10H16O2. The lowest BCUT2D eigenvalue weighted by molar-refractivity contribution is -0.118. The number of carbonyl (C=O) groups excluding carboxylic acids is 1. The smallest absolute Gasteiger partial charge is 0.137 e. The molecule has 0 saturated carbocycles. The number of Topliss-reactive ketones (excluding diaryl/α,β-unsaturated/α-hetero) is 1. The van der Waals surface area contributed by atoms with Gasteiger partial charge in [0.1, 0.15) is 5.78 Å². The fourth-order valence-electron chi connectivity index (χ4n) is 1.64. The summed E-state index contributed by atoms with van der Waals surface area (Å²) in [5, 5.41) is 8.65. The summed E-state index contributed by atoms with van der Waals surface area (Å²) in [7, 11) is 0. The van der Waals surface area contributed by atoms with Gasteiger partial charge in [0, 0.05) is 19.4 Å². The molecule has 0 aromatic heterocycles. The van der Waals surface area contributed by atoms with Crippen LogP contribution in [0.25, 0.3) is 0 Å². The van der Waals surface area contributed by atoms with Crippen molar-refractivity contribution >= 4 is 5.78 Å². The van der Waals surface area contributed by atoms with E-state index in [0.717, 1.165) is 19.3 Å². The summed E-state index contributed by atoms with van der Waals surface area (Å²) in [6.07, 6.45) is 4.07. The number of rotatable bonds is 3. The molecule has 0 heterocycles. The van der Waals surface area contributed by atoms with E-state index in [4.69, 9.17) is 5.11 Å². The van der Waals surface area contributed by atoms with E-state index in [-0.39, 0.29) is 6.61 Å². The normalized spacial score (nSPS) is 18.7. The molecule has 0 saturated heterocycles. The molecule has 0 aliphatic heterocycles. The summed E-state index contributed by atoms with van der Waals surface area (Å²) in [4.78, 5) is 11.0. The van der Waals surface area contributed by atoms with Crippen LogP contribution in [-0.2, 0) is 4.79 Å². The second-order valence-electron chi connectivity index (χ2n) is 3.43. The molecule has 1 rings (SSSR count). The Labute approximate surface area is 73.3 Å². The number of ketones is 1. The molecule has 0 unspecified atom stereocenters. The van der Waals surface area contributed by atoms with Crippen LogP contribution in [0.1, 0.15) is 39.0 Å². The van der Waals surface area contributed by atoms with Crippen molar-refractivity contribution in [3.63, 3.8) is 0 Å². The predicted octanol–water partition coefficient (Wildman–Crippen LogP) is 1.83. The van der Waals surface area contributed by atoms with E-state index in [1.54, 1.807) is 0 Å². The molecular weight excluding hydrogens is 152 g/mol. The van der Waals surface area contributed by atoms with Gasteiger partial charge in [-0.2, -0.15) is 0 Å². The second kappa shape index (κ2) is 4.41. The van der Waals surface area contributed by atoms with Gasteiger partial charge in [0.15, 0.2) is 0 Å². The minimum Gasteiger partial charge on any atom is -0.396 e. The summed E-state index contributed by atoms with van der Waals surface area (Å²) in [6, 6.07) is 0. The molecule has 1 N–H and O–H groups in total. The molecule has 0 fully saturated rings. The van der Waals surface area contributed by atoms with Crippen LogP contribution < -0.4 is 0 Å². The summed E-state index contributed by atoms with van der Waals surface area (Å²) >= 11 is 0. The quantitative estimate of drug-likeness (QED) is 0.653. The lowest BCUT2D eigenvalue weighted by Gasteiger charge is -2.16. The van der Waals surface area contributed by atoms with Crippen LogP contribution in [0, 0.1) is 0 Å². The lowest BCUT2D eigenvalue weighted by Crippen LogP contribution is -2.08. The van der Waals surface area contributed by atoms with E-state index in [1.165, 1.54) is 11.1 Å². The first-order chi connectivity index (χ1) is 5.74. The van der Waals surface area contributed by atoms with Crippen molar-refractivity contribution in [2.24, 2.45) is 0 Å². The summed E-state index contributed by atoms with van der Waals surface area (Å²) in [5.41, 5.74) is 2.63. The minimum atomic E-state index is 0.255. The van der Waals surface area contributed by atoms with Crippen molar-refractivity contribution < 1.29 is 9.90 Å². The molecule has 0 radical (unpaired) electrons. The molecule has 2 heteroatoms. The maximum Gasteiger partial charge on any atom is 0.137 e. The Morgan fingerprint density at radius 1 is 1.42 bits per heavy atom. The molecule has 0 aromatic carbocycles. The number of aliphatic hydroxyl groups excluding tert-OH is 1. The van der Waals surface area contributed by atoms with Gasteiger partial charge in [-0.05, 0) is 26.2 Å². The summed E-state index contributed by atoms with van der Waals surface area (Å²) < 4.78 is 0. The highest BCUT2D eigenvalue weighted by Gasteiger charge is 2.14. The van der Waals surface area contributed by atoms with Gasteiger partial charge in [-0.1, -0.05) is 11.1 Å². The Morgan fingerprint density at radius 3 is 2.75 bits per heavy atom. The van der Waals surface area contributed by atoms with Crippen LogP contribution in [0.3, 0.4) is 0 Å². The Kier molecular flexibility index (Phi) is 3.48. The molecule has 1 aliphatic carbocycles. The Balaban J connectivity index is 2.50. The van der Waals surface area contributed by atoms with Crippen LogP contribution in [0.2, 0.25) is 0 Å². The third-order valence-electron chi connectivity index (χ3n) is 2.41. The van der Waals surface area contributed by atoms with Gasteiger partial charge >= 0.3 is 0 Å². The third kappa shape index (κ3) is 2.45. The first kappa shape index (κ1) is 9.46. The van der Waals surface area contributed by atoms with Crippen molar-refractivity contribution in [3.05, 3.63) is 11.1 Å². The number of hydrogen-bond acceptors (Lipinski definition) is 2. The highest BCUT2D eigenvalue weighted by molar-refractivity contribution is 5.82. The number of allylic oxidation sites excluding steroid dienone is 2. The average Bonchev–Trinajstić information content (AvgIpc) is 2.03. The first-order valence-electron chi connectivity index (χ1n) is 4.54. The van der Waals surface area contributed by atoms with Gasteiger partial charge in [-0.25, -0.2) is 0 Å². The van der Waals surface area contributed by atoms with Crippen molar-refractivity contribution in [2.75, 3.05) is 6.61 Å². The third-order valence-corrected chi connectivity index (χ3v) is 2.41. The molecule has 0 bridgehead atoms. The number of aliphatic hydroxyl groups is 1. The van der Waals surface area contributed by atoms with E-state index in [1.807, 2.05) is 6.92 Å². The molecule has 0 amide bonds. The summed E-state index contributed by atoms with van der Waals surface area (Å²) in [6.45, 7) is 2.29. The number of carbonyl (C=O) groups is 1. The molecule has 68 valence electrons. The standard InChI is InChI=1S/C10H16O2/c1-8-7-10(12)5-4-9(8)3-2-6-11/h11H,2-7H2,1H3. The lowest BCUT2D eigenvalue weighted by atomic mass is 9.89. The van der Waals surface area contributed by atoms with Crippen LogP contribution in [-0.4, -0.2) is 17.5 Å². The maximum atomic E-state index is 11.0. The van der Waals surface area contributed by atoms with Crippen LogP contribution in [0.15, 0.2) is 11.1 Å². The molecule has 0 spiro atoms. The Hall–Kier alpha value is -0.630. The van der Waals surface area contributed by atoms with E-state index in [2.05, 4.69) is 0 Å². The molecule has 12 heavy (non-hydrogen) atoms.